The van der Waals surface area contributed by atoms with Crippen molar-refractivity contribution in [2.45, 2.75) is 19.4 Å². The first-order valence-corrected chi connectivity index (χ1v) is 7.10. The smallest absolute Gasteiger partial charge is 0.0595 e. The summed E-state index contributed by atoms with van der Waals surface area (Å²) in [5, 5.41) is 1.27. The highest BCUT2D eigenvalue weighted by Gasteiger charge is 2.19. The summed E-state index contributed by atoms with van der Waals surface area (Å²) in [6, 6.07) is 5.89. The molecule has 4 heteroatoms. The van der Waals surface area contributed by atoms with Gasteiger partial charge in [0.1, 0.15) is 0 Å². The number of nitrogens with zero attached hydrogens (tertiary/aromatic N) is 1. The van der Waals surface area contributed by atoms with Crippen LogP contribution in [0.15, 0.2) is 18.2 Å². The van der Waals surface area contributed by atoms with Crippen LogP contribution in [0.2, 0.25) is 10.0 Å². The predicted octanol–water partition coefficient (Wildman–Crippen LogP) is 3.85. The maximum absolute atomic E-state index is 6.03. The molecule has 1 aromatic carbocycles. The average Bonchev–Trinajstić information content (AvgIpc) is 2.37. The quantitative estimate of drug-likeness (QED) is 0.834. The number of halogens is 2. The summed E-state index contributed by atoms with van der Waals surface area (Å²) in [5.41, 5.74) is 1.23. The summed E-state index contributed by atoms with van der Waals surface area (Å²) < 4.78 is 5.21. The van der Waals surface area contributed by atoms with Gasteiger partial charge in [0.25, 0.3) is 0 Å². The van der Waals surface area contributed by atoms with Crippen LogP contribution in [-0.2, 0) is 11.3 Å². The number of likely N-dealkylation sites (tertiary alicyclic amines) is 1. The third-order valence-corrected chi connectivity index (χ3v) is 4.24. The number of ether oxygens (including phenoxy) is 1. The fraction of sp³-hybridized carbons (Fsp3) is 0.571. The van der Waals surface area contributed by atoms with Crippen molar-refractivity contribution in [3.8, 4) is 0 Å². The van der Waals surface area contributed by atoms with Crippen LogP contribution in [0.25, 0.3) is 0 Å². The Bertz CT molecular complexity index is 389. The molecule has 18 heavy (non-hydrogen) atoms. The molecule has 2 rings (SSSR count). The van der Waals surface area contributed by atoms with Gasteiger partial charge >= 0.3 is 0 Å². The number of hydrogen-bond donors (Lipinski definition) is 0. The fourth-order valence-electron chi connectivity index (χ4n) is 2.44. The van der Waals surface area contributed by atoms with E-state index in [1.54, 1.807) is 7.11 Å². The third-order valence-electron chi connectivity index (χ3n) is 3.50. The molecule has 0 bridgehead atoms. The van der Waals surface area contributed by atoms with E-state index in [2.05, 4.69) is 11.0 Å². The molecule has 0 radical (unpaired) electrons. The van der Waals surface area contributed by atoms with Gasteiger partial charge in [0, 0.05) is 20.3 Å². The Morgan fingerprint density at radius 1 is 1.22 bits per heavy atom. The zero-order valence-electron chi connectivity index (χ0n) is 10.7. The van der Waals surface area contributed by atoms with Gasteiger partial charge in [0.15, 0.2) is 0 Å². The Morgan fingerprint density at radius 2 is 1.94 bits per heavy atom. The highest BCUT2D eigenvalue weighted by atomic mass is 35.5. The van der Waals surface area contributed by atoms with Crippen LogP contribution in [-0.4, -0.2) is 31.7 Å². The van der Waals surface area contributed by atoms with E-state index in [0.29, 0.717) is 10.0 Å². The van der Waals surface area contributed by atoms with Crippen molar-refractivity contribution < 1.29 is 4.74 Å². The number of rotatable bonds is 4. The first-order chi connectivity index (χ1) is 8.69. The first kappa shape index (κ1) is 14.1. The fourth-order valence-corrected chi connectivity index (χ4v) is 2.76. The number of benzene rings is 1. The van der Waals surface area contributed by atoms with E-state index in [1.165, 1.54) is 18.4 Å². The molecule has 1 fully saturated rings. The standard InChI is InChI=1S/C14H19Cl2NO/c1-18-10-11-4-6-17(7-5-11)9-12-2-3-13(15)14(16)8-12/h2-3,8,11H,4-7,9-10H2,1H3. The SMILES string of the molecule is COCC1CCN(Cc2ccc(Cl)c(Cl)c2)CC1. The van der Waals surface area contributed by atoms with E-state index in [9.17, 15) is 0 Å². The Hall–Kier alpha value is -0.280. The minimum Gasteiger partial charge on any atom is -0.384 e. The van der Waals surface area contributed by atoms with Crippen LogP contribution in [0.5, 0.6) is 0 Å². The highest BCUT2D eigenvalue weighted by molar-refractivity contribution is 6.42. The molecule has 0 atom stereocenters. The lowest BCUT2D eigenvalue weighted by Gasteiger charge is -2.31. The van der Waals surface area contributed by atoms with Crippen LogP contribution < -0.4 is 0 Å². The van der Waals surface area contributed by atoms with Crippen LogP contribution in [0.3, 0.4) is 0 Å². The van der Waals surface area contributed by atoms with E-state index in [0.717, 1.165) is 32.2 Å². The Morgan fingerprint density at radius 3 is 2.56 bits per heavy atom. The molecule has 0 saturated carbocycles. The molecule has 0 amide bonds. The zero-order valence-corrected chi connectivity index (χ0v) is 12.2. The second-order valence-corrected chi connectivity index (χ2v) is 5.74. The van der Waals surface area contributed by atoms with Crippen molar-refractivity contribution in [1.82, 2.24) is 4.90 Å². The lowest BCUT2D eigenvalue weighted by atomic mass is 9.97. The summed E-state index contributed by atoms with van der Waals surface area (Å²) in [4.78, 5) is 2.46. The van der Waals surface area contributed by atoms with Crippen molar-refractivity contribution in [1.29, 1.82) is 0 Å². The van der Waals surface area contributed by atoms with Gasteiger partial charge in [-0.15, -0.1) is 0 Å². The molecule has 1 aliphatic rings. The second kappa shape index (κ2) is 6.76. The lowest BCUT2D eigenvalue weighted by Crippen LogP contribution is -2.34. The van der Waals surface area contributed by atoms with Crippen molar-refractivity contribution in [2.75, 3.05) is 26.8 Å². The Kier molecular flexibility index (Phi) is 5.31. The van der Waals surface area contributed by atoms with Gasteiger partial charge in [-0.2, -0.15) is 0 Å². The van der Waals surface area contributed by atoms with Gasteiger partial charge in [-0.1, -0.05) is 29.3 Å². The molecule has 1 heterocycles. The number of hydrogen-bond acceptors (Lipinski definition) is 2. The number of methoxy groups -OCH3 is 1. The van der Waals surface area contributed by atoms with Gasteiger partial charge < -0.3 is 4.74 Å². The van der Waals surface area contributed by atoms with Gasteiger partial charge in [0.05, 0.1) is 10.0 Å². The zero-order chi connectivity index (χ0) is 13.0. The van der Waals surface area contributed by atoms with Crippen molar-refractivity contribution in [3.63, 3.8) is 0 Å². The second-order valence-electron chi connectivity index (χ2n) is 4.92. The number of piperidine rings is 1. The minimum absolute atomic E-state index is 0.624. The van der Waals surface area contributed by atoms with E-state index in [1.807, 2.05) is 12.1 Å². The first-order valence-electron chi connectivity index (χ1n) is 6.34. The summed E-state index contributed by atoms with van der Waals surface area (Å²) >= 11 is 11.9. The normalized spacial score (nSPS) is 18.2. The van der Waals surface area contributed by atoms with Gasteiger partial charge in [-0.05, 0) is 49.5 Å². The molecule has 0 aliphatic carbocycles. The summed E-state index contributed by atoms with van der Waals surface area (Å²) in [6.07, 6.45) is 2.43. The molecule has 0 unspecified atom stereocenters. The van der Waals surface area contributed by atoms with E-state index >= 15 is 0 Å². The van der Waals surface area contributed by atoms with Crippen LogP contribution in [0.1, 0.15) is 18.4 Å². The molecular weight excluding hydrogens is 269 g/mol. The van der Waals surface area contributed by atoms with Gasteiger partial charge in [-0.3, -0.25) is 4.90 Å². The van der Waals surface area contributed by atoms with Crippen molar-refractivity contribution >= 4 is 23.2 Å². The van der Waals surface area contributed by atoms with E-state index < -0.39 is 0 Å². The Balaban J connectivity index is 1.85. The molecule has 1 saturated heterocycles. The molecule has 1 aliphatic heterocycles. The lowest BCUT2D eigenvalue weighted by molar-refractivity contribution is 0.0968. The maximum atomic E-state index is 6.03. The average molecular weight is 288 g/mol. The van der Waals surface area contributed by atoms with Gasteiger partial charge in [-0.25, -0.2) is 0 Å². The Labute approximate surface area is 119 Å². The topological polar surface area (TPSA) is 12.5 Å². The molecule has 0 spiro atoms. The van der Waals surface area contributed by atoms with Crippen molar-refractivity contribution in [3.05, 3.63) is 33.8 Å². The van der Waals surface area contributed by atoms with Crippen LogP contribution in [0.4, 0.5) is 0 Å². The highest BCUT2D eigenvalue weighted by Crippen LogP contribution is 2.24. The van der Waals surface area contributed by atoms with E-state index in [4.69, 9.17) is 27.9 Å². The predicted molar refractivity (Wildman–Crippen MR) is 76.3 cm³/mol. The molecular formula is C14H19Cl2NO. The molecule has 100 valence electrons. The summed E-state index contributed by atoms with van der Waals surface area (Å²) in [7, 11) is 1.78. The monoisotopic (exact) mass is 287 g/mol. The summed E-state index contributed by atoms with van der Waals surface area (Å²) in [5.74, 6) is 0.722. The third kappa shape index (κ3) is 3.86. The summed E-state index contributed by atoms with van der Waals surface area (Å²) in [6.45, 7) is 4.11. The molecule has 0 N–H and O–H groups in total. The van der Waals surface area contributed by atoms with Gasteiger partial charge in [0.2, 0.25) is 0 Å². The van der Waals surface area contributed by atoms with Crippen molar-refractivity contribution in [2.24, 2.45) is 5.92 Å². The van der Waals surface area contributed by atoms with Crippen LogP contribution in [0, 0.1) is 5.92 Å². The largest absolute Gasteiger partial charge is 0.384 e. The van der Waals surface area contributed by atoms with E-state index in [-0.39, 0.29) is 0 Å². The molecule has 1 aromatic rings. The minimum atomic E-state index is 0.624. The molecule has 2 nitrogen and oxygen atoms in total. The maximum Gasteiger partial charge on any atom is 0.0595 e. The van der Waals surface area contributed by atoms with Crippen LogP contribution >= 0.6 is 23.2 Å². The molecule has 0 aromatic heterocycles.